The van der Waals surface area contributed by atoms with Gasteiger partial charge in [0.1, 0.15) is 0 Å². The van der Waals surface area contributed by atoms with Gasteiger partial charge in [-0.15, -0.1) is 12.4 Å². The van der Waals surface area contributed by atoms with Gasteiger partial charge in [-0.25, -0.2) is 8.78 Å². The molecule has 94 valence electrons. The molecule has 7 heteroatoms. The molecule has 0 aromatic heterocycles. The predicted octanol–water partition coefficient (Wildman–Crippen LogP) is 0.981. The van der Waals surface area contributed by atoms with Crippen LogP contribution in [0.5, 0.6) is 0 Å². The van der Waals surface area contributed by atoms with Crippen LogP contribution in [0.25, 0.3) is 0 Å². The summed E-state index contributed by atoms with van der Waals surface area (Å²) in [4.78, 5) is 13.5. The standard InChI is InChI=1S/C9H14F2N2OS.ClH/c10-9(11)5-7(12-6-9)8(14)13-1-3-15-4-2-13;/h7,12H,1-6H2;1H. The van der Waals surface area contributed by atoms with Crippen LogP contribution in [-0.4, -0.2) is 53.9 Å². The number of rotatable bonds is 1. The lowest BCUT2D eigenvalue weighted by Crippen LogP contribution is -2.46. The zero-order chi connectivity index (χ0) is 10.9. The van der Waals surface area contributed by atoms with Crippen molar-refractivity contribution in [1.82, 2.24) is 10.2 Å². The predicted molar refractivity (Wildman–Crippen MR) is 62.5 cm³/mol. The highest BCUT2D eigenvalue weighted by atomic mass is 35.5. The summed E-state index contributed by atoms with van der Waals surface area (Å²) in [5, 5.41) is 2.60. The summed E-state index contributed by atoms with van der Waals surface area (Å²) < 4.78 is 25.8. The first-order valence-electron chi connectivity index (χ1n) is 5.06. The van der Waals surface area contributed by atoms with Crippen LogP contribution in [0, 0.1) is 0 Å². The maximum Gasteiger partial charge on any atom is 0.262 e. The van der Waals surface area contributed by atoms with Gasteiger partial charge in [-0.3, -0.25) is 10.1 Å². The normalized spacial score (nSPS) is 28.6. The Kier molecular flexibility index (Phi) is 4.82. The number of nitrogens with one attached hydrogen (secondary N) is 1. The van der Waals surface area contributed by atoms with E-state index in [0.717, 1.165) is 11.5 Å². The van der Waals surface area contributed by atoms with Crippen molar-refractivity contribution in [2.45, 2.75) is 18.4 Å². The number of hydrogen-bond acceptors (Lipinski definition) is 3. The molecule has 2 rings (SSSR count). The van der Waals surface area contributed by atoms with E-state index in [9.17, 15) is 13.6 Å². The summed E-state index contributed by atoms with van der Waals surface area (Å²) in [6, 6.07) is -0.678. The van der Waals surface area contributed by atoms with E-state index < -0.39 is 12.0 Å². The van der Waals surface area contributed by atoms with Crippen molar-refractivity contribution < 1.29 is 13.6 Å². The van der Waals surface area contributed by atoms with E-state index in [1.807, 2.05) is 0 Å². The number of thioether (sulfide) groups is 1. The Bertz CT molecular complexity index is 262. The molecule has 0 spiro atoms. The van der Waals surface area contributed by atoms with E-state index in [0.29, 0.717) is 13.1 Å². The van der Waals surface area contributed by atoms with Gasteiger partial charge >= 0.3 is 0 Å². The number of amides is 1. The molecule has 3 nitrogen and oxygen atoms in total. The minimum absolute atomic E-state index is 0. The average Bonchev–Trinajstić information content (AvgIpc) is 2.59. The Balaban J connectivity index is 0.00000128. The molecule has 0 bridgehead atoms. The van der Waals surface area contributed by atoms with Crippen molar-refractivity contribution in [2.75, 3.05) is 31.1 Å². The molecule has 16 heavy (non-hydrogen) atoms. The second-order valence-electron chi connectivity index (χ2n) is 3.93. The average molecular weight is 273 g/mol. The molecule has 2 fully saturated rings. The molecule has 2 heterocycles. The fourth-order valence-corrected chi connectivity index (χ4v) is 2.80. The number of carbonyl (C=O) groups excluding carboxylic acids is 1. The van der Waals surface area contributed by atoms with Crippen LogP contribution < -0.4 is 5.32 Å². The summed E-state index contributed by atoms with van der Waals surface area (Å²) in [6.45, 7) is 1.01. The third-order valence-electron chi connectivity index (χ3n) is 2.73. The van der Waals surface area contributed by atoms with Gasteiger partial charge in [-0.2, -0.15) is 11.8 Å². The second kappa shape index (κ2) is 5.51. The van der Waals surface area contributed by atoms with E-state index in [-0.39, 0.29) is 31.3 Å². The third-order valence-corrected chi connectivity index (χ3v) is 3.67. The van der Waals surface area contributed by atoms with Gasteiger partial charge in [0.05, 0.1) is 12.6 Å². The van der Waals surface area contributed by atoms with Crippen molar-refractivity contribution in [3.8, 4) is 0 Å². The largest absolute Gasteiger partial charge is 0.340 e. The van der Waals surface area contributed by atoms with E-state index in [4.69, 9.17) is 0 Å². The first-order chi connectivity index (χ1) is 7.08. The van der Waals surface area contributed by atoms with Crippen LogP contribution in [0.1, 0.15) is 6.42 Å². The molecule has 0 saturated carbocycles. The summed E-state index contributed by atoms with van der Waals surface area (Å²) in [7, 11) is 0. The fraction of sp³-hybridized carbons (Fsp3) is 0.889. The number of halogens is 3. The Morgan fingerprint density at radius 1 is 1.38 bits per heavy atom. The highest BCUT2D eigenvalue weighted by Gasteiger charge is 2.43. The number of carbonyl (C=O) groups is 1. The van der Waals surface area contributed by atoms with Crippen molar-refractivity contribution in [1.29, 1.82) is 0 Å². The first kappa shape index (κ1) is 14.0. The molecule has 2 aliphatic heterocycles. The summed E-state index contributed by atoms with van der Waals surface area (Å²) in [6.07, 6.45) is -0.352. The minimum atomic E-state index is -2.72. The molecule has 1 N–H and O–H groups in total. The smallest absolute Gasteiger partial charge is 0.262 e. The molecule has 1 unspecified atom stereocenters. The zero-order valence-corrected chi connectivity index (χ0v) is 10.4. The van der Waals surface area contributed by atoms with Gasteiger partial charge in [0.25, 0.3) is 5.92 Å². The molecule has 0 aliphatic carbocycles. The lowest BCUT2D eigenvalue weighted by atomic mass is 10.1. The summed E-state index contributed by atoms with van der Waals surface area (Å²) >= 11 is 1.80. The molecule has 2 aliphatic rings. The monoisotopic (exact) mass is 272 g/mol. The fourth-order valence-electron chi connectivity index (χ4n) is 1.89. The highest BCUT2D eigenvalue weighted by molar-refractivity contribution is 7.99. The molecule has 0 aromatic carbocycles. The maximum atomic E-state index is 12.9. The quantitative estimate of drug-likeness (QED) is 0.772. The van der Waals surface area contributed by atoms with Crippen LogP contribution in [-0.2, 0) is 4.79 Å². The van der Waals surface area contributed by atoms with Gasteiger partial charge in [0, 0.05) is 31.0 Å². The number of hydrogen-bond donors (Lipinski definition) is 1. The highest BCUT2D eigenvalue weighted by Crippen LogP contribution is 2.26. The summed E-state index contributed by atoms with van der Waals surface area (Å²) in [5.74, 6) is -1.05. The molecule has 2 saturated heterocycles. The number of nitrogens with zero attached hydrogens (tertiary/aromatic N) is 1. The molecular formula is C9H15ClF2N2OS. The summed E-state index contributed by atoms with van der Waals surface area (Å²) in [5.41, 5.74) is 0. The van der Waals surface area contributed by atoms with Crippen LogP contribution in [0.3, 0.4) is 0 Å². The van der Waals surface area contributed by atoms with Crippen molar-refractivity contribution in [3.63, 3.8) is 0 Å². The Hall–Kier alpha value is -0.0700. The van der Waals surface area contributed by atoms with E-state index in [1.54, 1.807) is 16.7 Å². The molecule has 1 atom stereocenters. The van der Waals surface area contributed by atoms with Crippen molar-refractivity contribution in [3.05, 3.63) is 0 Å². The minimum Gasteiger partial charge on any atom is -0.340 e. The van der Waals surface area contributed by atoms with Crippen LogP contribution >= 0.6 is 24.2 Å². The van der Waals surface area contributed by atoms with Gasteiger partial charge < -0.3 is 4.90 Å². The van der Waals surface area contributed by atoms with Gasteiger partial charge in [-0.05, 0) is 0 Å². The third kappa shape index (κ3) is 3.21. The Labute approximate surface area is 104 Å². The van der Waals surface area contributed by atoms with Gasteiger partial charge in [0.15, 0.2) is 0 Å². The second-order valence-corrected chi connectivity index (χ2v) is 5.16. The molecular weight excluding hydrogens is 258 g/mol. The van der Waals surface area contributed by atoms with E-state index in [2.05, 4.69) is 5.32 Å². The first-order valence-corrected chi connectivity index (χ1v) is 6.22. The van der Waals surface area contributed by atoms with Gasteiger partial charge in [0.2, 0.25) is 5.91 Å². The maximum absolute atomic E-state index is 12.9. The van der Waals surface area contributed by atoms with Crippen LogP contribution in [0.15, 0.2) is 0 Å². The molecule has 0 radical (unpaired) electrons. The molecule has 1 amide bonds. The lowest BCUT2D eigenvalue weighted by Gasteiger charge is -2.28. The van der Waals surface area contributed by atoms with Crippen molar-refractivity contribution >= 4 is 30.1 Å². The Morgan fingerprint density at radius 2 is 2.00 bits per heavy atom. The van der Waals surface area contributed by atoms with E-state index in [1.165, 1.54) is 0 Å². The lowest BCUT2D eigenvalue weighted by molar-refractivity contribution is -0.133. The SMILES string of the molecule is Cl.O=C(C1CC(F)(F)CN1)N1CCSCC1. The Morgan fingerprint density at radius 3 is 2.50 bits per heavy atom. The molecule has 0 aromatic rings. The topological polar surface area (TPSA) is 32.3 Å². The van der Waals surface area contributed by atoms with Crippen LogP contribution in [0.2, 0.25) is 0 Å². The zero-order valence-electron chi connectivity index (χ0n) is 8.75. The van der Waals surface area contributed by atoms with Gasteiger partial charge in [-0.1, -0.05) is 0 Å². The van der Waals surface area contributed by atoms with E-state index >= 15 is 0 Å². The number of alkyl halides is 2. The van der Waals surface area contributed by atoms with Crippen LogP contribution in [0.4, 0.5) is 8.78 Å². The van der Waals surface area contributed by atoms with Crippen molar-refractivity contribution in [2.24, 2.45) is 0 Å².